The Hall–Kier alpha value is -3.93. The molecule has 0 bridgehead atoms. The Morgan fingerprint density at radius 3 is 2.26 bits per heavy atom. The molecule has 3 aromatic heterocycles. The van der Waals surface area contributed by atoms with E-state index in [1.165, 1.54) is 22.4 Å². The van der Waals surface area contributed by atoms with Gasteiger partial charge in [-0.1, -0.05) is 104 Å². The van der Waals surface area contributed by atoms with Crippen LogP contribution >= 0.6 is 0 Å². The Labute approximate surface area is 310 Å². The minimum atomic E-state index is -0.337. The van der Waals surface area contributed by atoms with Gasteiger partial charge in [0.1, 0.15) is 12.1 Å². The zero-order valence-electron chi connectivity index (χ0n) is 30.9. The molecule has 0 saturated heterocycles. The molecule has 50 heavy (non-hydrogen) atoms. The standard InChI is InChI=1S/C28H22N3O.C15H28O2.Ir/c1-16(2)14-19-7-4-6-18-10-12-21-25(30-15-31-26(21)24(18)19)22-11-9-17(3)23-20-8-5-13-29-28(20)32-27(22)23;1-7-14(5,8-2)12(16)11-13(17)15(6,9-3)10-4;/h4-10,12-13,15-16H,14H2,1-3H3;11,16H,7-10H2,1-6H3;/q-1;;/b;12-11-;. The van der Waals surface area contributed by atoms with Crippen LogP contribution in [0.4, 0.5) is 0 Å². The van der Waals surface area contributed by atoms with Crippen molar-refractivity contribution in [3.05, 3.63) is 90.1 Å². The van der Waals surface area contributed by atoms with Crippen LogP contribution in [0.15, 0.2) is 77.3 Å². The fraction of sp³-hybridized carbons (Fsp3) is 0.395. The number of rotatable bonds is 10. The number of fused-ring (bicyclic) bond motifs is 6. The van der Waals surface area contributed by atoms with E-state index in [0.717, 1.165) is 76.2 Å². The molecule has 0 aliphatic carbocycles. The van der Waals surface area contributed by atoms with Gasteiger partial charge in [-0.2, -0.15) is 0 Å². The van der Waals surface area contributed by atoms with Crippen molar-refractivity contribution in [3.8, 4) is 11.3 Å². The molecule has 0 spiro atoms. The van der Waals surface area contributed by atoms with E-state index in [1.807, 2.05) is 53.7 Å². The molecule has 3 heterocycles. The molecule has 0 fully saturated rings. The molecule has 0 unspecified atom stereocenters. The van der Waals surface area contributed by atoms with Crippen molar-refractivity contribution in [2.75, 3.05) is 0 Å². The van der Waals surface area contributed by atoms with Crippen LogP contribution in [0.3, 0.4) is 0 Å². The Kier molecular flexibility index (Phi) is 12.4. The van der Waals surface area contributed by atoms with E-state index in [1.54, 1.807) is 12.5 Å². The summed E-state index contributed by atoms with van der Waals surface area (Å²) in [6.45, 7) is 18.7. The van der Waals surface area contributed by atoms with Crippen molar-refractivity contribution in [2.45, 2.75) is 94.4 Å². The number of aryl methyl sites for hydroxylation is 1. The average molecular weight is 849 g/mol. The molecule has 0 aliphatic heterocycles. The second-order valence-electron chi connectivity index (χ2n) is 14.2. The molecule has 0 saturated carbocycles. The van der Waals surface area contributed by atoms with Gasteiger partial charge in [0, 0.05) is 59.7 Å². The Bertz CT molecular complexity index is 2160. The van der Waals surface area contributed by atoms with Gasteiger partial charge in [-0.3, -0.25) is 9.78 Å². The van der Waals surface area contributed by atoms with E-state index in [-0.39, 0.29) is 42.5 Å². The number of nitrogens with zero attached hydrogens (tertiary/aromatic N) is 3. The number of carbonyl (C=O) groups is 1. The van der Waals surface area contributed by atoms with E-state index >= 15 is 0 Å². The number of ketones is 1. The first-order chi connectivity index (χ1) is 23.4. The average Bonchev–Trinajstić information content (AvgIpc) is 3.51. The molecule has 0 aliphatic rings. The summed E-state index contributed by atoms with van der Waals surface area (Å²) in [5.41, 5.74) is 5.88. The molecule has 6 rings (SSSR count). The maximum atomic E-state index is 12.2. The smallest absolute Gasteiger partial charge is 0.216 e. The van der Waals surface area contributed by atoms with Crippen LogP contribution in [0.5, 0.6) is 0 Å². The van der Waals surface area contributed by atoms with Gasteiger partial charge in [0.05, 0.1) is 11.1 Å². The van der Waals surface area contributed by atoms with E-state index in [4.69, 9.17) is 14.4 Å². The van der Waals surface area contributed by atoms with Crippen molar-refractivity contribution in [1.29, 1.82) is 0 Å². The molecule has 6 aromatic rings. The van der Waals surface area contributed by atoms with Crippen LogP contribution in [-0.4, -0.2) is 25.8 Å². The summed E-state index contributed by atoms with van der Waals surface area (Å²) < 4.78 is 6.23. The summed E-state index contributed by atoms with van der Waals surface area (Å²) in [6.07, 6.45) is 9.17. The van der Waals surface area contributed by atoms with Crippen molar-refractivity contribution in [3.63, 3.8) is 0 Å². The van der Waals surface area contributed by atoms with Crippen molar-refractivity contribution < 1.29 is 34.4 Å². The molecule has 6 nitrogen and oxygen atoms in total. The van der Waals surface area contributed by atoms with Gasteiger partial charge < -0.3 is 9.52 Å². The molecule has 7 heteroatoms. The number of aliphatic hydroxyl groups is 1. The van der Waals surface area contributed by atoms with Crippen molar-refractivity contribution in [1.82, 2.24) is 15.0 Å². The number of hydrogen-bond donors (Lipinski definition) is 1. The normalized spacial score (nSPS) is 12.4. The molecule has 1 radical (unpaired) electrons. The van der Waals surface area contributed by atoms with E-state index in [2.05, 4.69) is 68.2 Å². The number of benzene rings is 3. The number of hydrogen-bond acceptors (Lipinski definition) is 6. The summed E-state index contributed by atoms with van der Waals surface area (Å²) in [4.78, 5) is 26.0. The molecule has 3 aromatic carbocycles. The minimum Gasteiger partial charge on any atom is -0.512 e. The molecule has 0 atom stereocenters. The van der Waals surface area contributed by atoms with Gasteiger partial charge >= 0.3 is 0 Å². The largest absolute Gasteiger partial charge is 0.512 e. The van der Waals surface area contributed by atoms with Gasteiger partial charge in [-0.05, 0) is 66.5 Å². The number of carbonyl (C=O) groups excluding carboxylic acids is 1. The Balaban J connectivity index is 0.000000269. The third-order valence-electron chi connectivity index (χ3n) is 10.7. The maximum absolute atomic E-state index is 12.2. The van der Waals surface area contributed by atoms with Crippen LogP contribution in [0.2, 0.25) is 0 Å². The fourth-order valence-electron chi connectivity index (χ4n) is 6.46. The number of aromatic nitrogens is 3. The van der Waals surface area contributed by atoms with Crippen molar-refractivity contribution >= 4 is 49.5 Å². The summed E-state index contributed by atoms with van der Waals surface area (Å²) in [5, 5.41) is 15.6. The topological polar surface area (TPSA) is 89.1 Å². The third-order valence-corrected chi connectivity index (χ3v) is 10.7. The monoisotopic (exact) mass is 849 g/mol. The summed E-state index contributed by atoms with van der Waals surface area (Å²) >= 11 is 0. The first kappa shape index (κ1) is 38.9. The molecule has 1 N–H and O–H groups in total. The predicted octanol–water partition coefficient (Wildman–Crippen LogP) is 11.7. The van der Waals surface area contributed by atoms with Crippen molar-refractivity contribution in [2.24, 2.45) is 16.7 Å². The second-order valence-corrected chi connectivity index (χ2v) is 14.2. The molecular formula is C43H50IrN3O3-. The van der Waals surface area contributed by atoms with Gasteiger partial charge in [-0.25, -0.2) is 9.97 Å². The first-order valence-corrected chi connectivity index (χ1v) is 17.7. The third kappa shape index (κ3) is 7.40. The summed E-state index contributed by atoms with van der Waals surface area (Å²) in [5.74, 6) is 0.846. The van der Waals surface area contributed by atoms with Crippen LogP contribution in [0, 0.1) is 29.7 Å². The summed E-state index contributed by atoms with van der Waals surface area (Å²) in [6, 6.07) is 20.2. The maximum Gasteiger partial charge on any atom is 0.216 e. The van der Waals surface area contributed by atoms with E-state index in [9.17, 15) is 9.90 Å². The van der Waals surface area contributed by atoms with E-state index < -0.39 is 0 Å². The SMILES string of the molecule is CCC(C)(CC)C(=O)/C=C(\O)C(C)(CC)CC.Cc1c[c-]c(-c2ncnc3c2ccc2cccc(CC(C)C)c23)c2oc3ncccc3c12.[Ir]. The quantitative estimate of drug-likeness (QED) is 0.0639. The minimum absolute atomic E-state index is 0. The van der Waals surface area contributed by atoms with Crippen LogP contribution in [0.1, 0.15) is 92.2 Å². The number of pyridine rings is 1. The Morgan fingerprint density at radius 2 is 1.60 bits per heavy atom. The predicted molar refractivity (Wildman–Crippen MR) is 203 cm³/mol. The number of furan rings is 1. The van der Waals surface area contributed by atoms with Crippen LogP contribution in [0.25, 0.3) is 55.0 Å². The molecular weight excluding hydrogens is 799 g/mol. The Morgan fingerprint density at radius 1 is 0.900 bits per heavy atom. The fourth-order valence-corrected chi connectivity index (χ4v) is 6.46. The first-order valence-electron chi connectivity index (χ1n) is 17.7. The van der Waals surface area contributed by atoms with Gasteiger partial charge in [0.15, 0.2) is 5.78 Å². The molecule has 265 valence electrons. The number of allylic oxidation sites excluding steroid dienone is 2. The summed E-state index contributed by atoms with van der Waals surface area (Å²) in [7, 11) is 0. The zero-order chi connectivity index (χ0) is 35.5. The van der Waals surface area contributed by atoms with Crippen LogP contribution < -0.4 is 0 Å². The van der Waals surface area contributed by atoms with E-state index in [0.29, 0.717) is 11.6 Å². The molecule has 0 amide bonds. The second kappa shape index (κ2) is 16.0. The zero-order valence-corrected chi connectivity index (χ0v) is 33.3. The van der Waals surface area contributed by atoms with Crippen LogP contribution in [-0.2, 0) is 31.3 Å². The van der Waals surface area contributed by atoms with Gasteiger partial charge in [0.25, 0.3) is 0 Å². The number of aliphatic hydroxyl groups excluding tert-OH is 1. The van der Waals surface area contributed by atoms with Gasteiger partial charge in [0.2, 0.25) is 5.71 Å². The van der Waals surface area contributed by atoms with Gasteiger partial charge in [-0.15, -0.1) is 17.7 Å².